The maximum Gasteiger partial charge on any atom is 0.120 e. The molecule has 1 radical (unpaired) electrons. The Morgan fingerprint density at radius 3 is 2.29 bits per heavy atom. The van der Waals surface area contributed by atoms with Crippen LogP contribution in [0.25, 0.3) is 44.5 Å². The number of aromatic nitrogens is 2. The minimum absolute atomic E-state index is 0. The molecule has 6 aromatic rings. The van der Waals surface area contributed by atoms with Crippen LogP contribution >= 0.6 is 0 Å². The first-order chi connectivity index (χ1) is 17.9. The van der Waals surface area contributed by atoms with Crippen molar-refractivity contribution in [2.24, 2.45) is 0 Å². The van der Waals surface area contributed by atoms with Crippen LogP contribution in [-0.4, -0.2) is 9.97 Å². The molecule has 38 heavy (non-hydrogen) atoms. The molecule has 0 saturated heterocycles. The molecule has 3 nitrogen and oxygen atoms in total. The topological polar surface area (TPSA) is 38.9 Å². The molecule has 3 heterocycles. The Kier molecular flexibility index (Phi) is 8.56. The van der Waals surface area contributed by atoms with Crippen LogP contribution in [-0.2, 0) is 20.1 Å². The van der Waals surface area contributed by atoms with Crippen LogP contribution in [0.2, 0.25) is 0 Å². The zero-order chi connectivity index (χ0) is 25.9. The Labute approximate surface area is 238 Å². The number of hydrogen-bond acceptors (Lipinski definition) is 3. The molecule has 6 rings (SSSR count). The molecule has 0 bridgehead atoms. The number of rotatable bonds is 3. The maximum atomic E-state index is 6.12. The quantitative estimate of drug-likeness (QED) is 0.176. The van der Waals surface area contributed by atoms with Gasteiger partial charge in [0.2, 0.25) is 0 Å². The van der Waals surface area contributed by atoms with E-state index in [1.807, 2.05) is 48.8 Å². The molecule has 0 atom stereocenters. The van der Waals surface area contributed by atoms with Gasteiger partial charge in [-0.1, -0.05) is 67.1 Å². The van der Waals surface area contributed by atoms with Gasteiger partial charge in [-0.2, -0.15) is 0 Å². The van der Waals surface area contributed by atoms with Gasteiger partial charge in [0.15, 0.2) is 0 Å². The van der Waals surface area contributed by atoms with Crippen molar-refractivity contribution in [3.63, 3.8) is 0 Å². The number of fused-ring (bicyclic) bond motifs is 3. The van der Waals surface area contributed by atoms with Gasteiger partial charge in [-0.25, -0.2) is 0 Å². The van der Waals surface area contributed by atoms with Gasteiger partial charge in [0, 0.05) is 37.9 Å². The number of benzene rings is 3. The summed E-state index contributed by atoms with van der Waals surface area (Å²) in [5.41, 5.74) is 10.5. The molecular weight excluding hydrogens is 645 g/mol. The molecule has 193 valence electrons. The van der Waals surface area contributed by atoms with Crippen LogP contribution < -0.4 is 0 Å². The van der Waals surface area contributed by atoms with Crippen LogP contribution in [0.1, 0.15) is 42.0 Å². The summed E-state index contributed by atoms with van der Waals surface area (Å²) in [7, 11) is 0. The van der Waals surface area contributed by atoms with Gasteiger partial charge in [0.1, 0.15) is 5.58 Å². The number of aryl methyl sites for hydroxylation is 3. The van der Waals surface area contributed by atoms with Crippen molar-refractivity contribution < 1.29 is 24.5 Å². The fourth-order valence-electron chi connectivity index (χ4n) is 4.43. The molecule has 0 N–H and O–H groups in total. The summed E-state index contributed by atoms with van der Waals surface area (Å²) in [5.74, 6) is 0.544. The van der Waals surface area contributed by atoms with Crippen molar-refractivity contribution in [2.45, 2.75) is 40.5 Å². The van der Waals surface area contributed by atoms with E-state index in [9.17, 15) is 0 Å². The Morgan fingerprint density at radius 2 is 1.55 bits per heavy atom. The van der Waals surface area contributed by atoms with E-state index in [1.54, 1.807) is 0 Å². The first-order valence-corrected chi connectivity index (χ1v) is 12.6. The van der Waals surface area contributed by atoms with E-state index < -0.39 is 0 Å². The second-order valence-electron chi connectivity index (χ2n) is 9.80. The third-order valence-electron chi connectivity index (χ3n) is 6.40. The molecule has 4 heteroatoms. The minimum Gasteiger partial charge on any atom is -0.501 e. The summed E-state index contributed by atoms with van der Waals surface area (Å²) in [4.78, 5) is 8.82. The van der Waals surface area contributed by atoms with Gasteiger partial charge >= 0.3 is 0 Å². The van der Waals surface area contributed by atoms with E-state index >= 15 is 0 Å². The second-order valence-corrected chi connectivity index (χ2v) is 9.80. The normalized spacial score (nSPS) is 10.8. The Morgan fingerprint density at radius 1 is 0.763 bits per heavy atom. The zero-order valence-electron chi connectivity index (χ0n) is 22.3. The van der Waals surface area contributed by atoms with E-state index in [0.29, 0.717) is 5.92 Å². The Balaban J connectivity index is 0.000000185. The molecule has 0 fully saturated rings. The van der Waals surface area contributed by atoms with Crippen molar-refractivity contribution in [1.82, 2.24) is 9.97 Å². The molecule has 0 aliphatic heterocycles. The van der Waals surface area contributed by atoms with Crippen LogP contribution in [0.15, 0.2) is 89.6 Å². The number of pyridine rings is 2. The number of furan rings is 1. The molecule has 0 spiro atoms. The summed E-state index contributed by atoms with van der Waals surface area (Å²) in [5, 5.41) is 2.29. The van der Waals surface area contributed by atoms with Gasteiger partial charge < -0.3 is 14.4 Å². The standard InChI is InChI=1S/C20H16NO.C14H14N.Ir/c1-12-4-5-19-15(8-12)16-9-14(3)10-17(20(16)22-19)18-11-13(2)6-7-21-18;1-11(2)12-6-5-7-13(10-12)14-8-3-4-9-15-14;/h4-9,11H,1-3H3;3-6,8-11H,1-2H3;/q2*-1;. The minimum atomic E-state index is 0. The molecular formula is C34H30IrN2O-2. The van der Waals surface area contributed by atoms with Crippen molar-refractivity contribution >= 4 is 21.9 Å². The Hall–Kier alpha value is -3.59. The first kappa shape index (κ1) is 27.4. The van der Waals surface area contributed by atoms with Gasteiger partial charge in [-0.05, 0) is 55.4 Å². The van der Waals surface area contributed by atoms with Gasteiger partial charge in [-0.3, -0.25) is 0 Å². The van der Waals surface area contributed by atoms with Crippen molar-refractivity contribution in [2.75, 3.05) is 0 Å². The predicted octanol–water partition coefficient (Wildman–Crippen LogP) is 9.04. The van der Waals surface area contributed by atoms with Crippen LogP contribution in [0.5, 0.6) is 0 Å². The average molecular weight is 675 g/mol. The third-order valence-corrected chi connectivity index (χ3v) is 6.40. The summed E-state index contributed by atoms with van der Waals surface area (Å²) in [6, 6.07) is 31.3. The monoisotopic (exact) mass is 675 g/mol. The molecule has 0 saturated carbocycles. The zero-order valence-corrected chi connectivity index (χ0v) is 24.7. The summed E-state index contributed by atoms with van der Waals surface area (Å²) in [6.45, 7) is 10.6. The average Bonchev–Trinajstić information content (AvgIpc) is 3.26. The van der Waals surface area contributed by atoms with E-state index in [2.05, 4.69) is 93.1 Å². The van der Waals surface area contributed by atoms with Crippen LogP contribution in [0.3, 0.4) is 0 Å². The van der Waals surface area contributed by atoms with Crippen LogP contribution in [0.4, 0.5) is 0 Å². The third kappa shape index (κ3) is 5.93. The molecule has 0 unspecified atom stereocenters. The SMILES string of the molecule is CC(C)c1cc[c-]c(-c2ccccn2)c1.Cc1[c-]c(-c2cc(C)ccn2)c2oc3ccc(C)cc3c2c1.[Ir]. The summed E-state index contributed by atoms with van der Waals surface area (Å²) in [6.07, 6.45) is 3.64. The van der Waals surface area contributed by atoms with E-state index in [0.717, 1.165) is 50.0 Å². The predicted molar refractivity (Wildman–Crippen MR) is 153 cm³/mol. The largest absolute Gasteiger partial charge is 0.501 e. The van der Waals surface area contributed by atoms with Gasteiger partial charge in [-0.15, -0.1) is 53.1 Å². The van der Waals surface area contributed by atoms with Gasteiger partial charge in [0.05, 0.1) is 5.58 Å². The van der Waals surface area contributed by atoms with Crippen molar-refractivity contribution in [3.05, 3.63) is 120 Å². The van der Waals surface area contributed by atoms with Crippen LogP contribution in [0, 0.1) is 32.9 Å². The fraction of sp³-hybridized carbons (Fsp3) is 0.176. The fourth-order valence-corrected chi connectivity index (χ4v) is 4.43. The van der Waals surface area contributed by atoms with E-state index in [1.165, 1.54) is 16.7 Å². The molecule has 3 aromatic heterocycles. The summed E-state index contributed by atoms with van der Waals surface area (Å²) < 4.78 is 6.12. The molecule has 0 aliphatic carbocycles. The number of nitrogens with zero attached hydrogens (tertiary/aromatic N) is 2. The van der Waals surface area contributed by atoms with Crippen molar-refractivity contribution in [1.29, 1.82) is 0 Å². The first-order valence-electron chi connectivity index (χ1n) is 12.6. The number of hydrogen-bond donors (Lipinski definition) is 0. The van der Waals surface area contributed by atoms with Gasteiger partial charge in [0.25, 0.3) is 0 Å². The maximum absolute atomic E-state index is 6.12. The smallest absolute Gasteiger partial charge is 0.120 e. The molecule has 0 aliphatic rings. The van der Waals surface area contributed by atoms with E-state index in [4.69, 9.17) is 4.42 Å². The van der Waals surface area contributed by atoms with E-state index in [-0.39, 0.29) is 20.1 Å². The summed E-state index contributed by atoms with van der Waals surface area (Å²) >= 11 is 0. The molecule has 0 amide bonds. The Bertz CT molecular complexity index is 1690. The molecule has 3 aromatic carbocycles. The van der Waals surface area contributed by atoms with Crippen molar-refractivity contribution in [3.8, 4) is 22.5 Å². The second kappa shape index (κ2) is 11.9.